The van der Waals surface area contributed by atoms with Crippen molar-refractivity contribution in [1.29, 1.82) is 1.43 Å². The van der Waals surface area contributed by atoms with Crippen LogP contribution in [0.3, 0.4) is 0 Å². The van der Waals surface area contributed by atoms with Gasteiger partial charge >= 0.3 is 0 Å². The van der Waals surface area contributed by atoms with Gasteiger partial charge < -0.3 is 14.7 Å². The Morgan fingerprint density at radius 2 is 2.47 bits per heavy atom. The van der Waals surface area contributed by atoms with Crippen LogP contribution in [0, 0.1) is 5.92 Å². The average molecular weight is 269 g/mol. The van der Waals surface area contributed by atoms with Gasteiger partial charge in [0.15, 0.2) is 0 Å². The number of benzene rings is 1. The number of aliphatic hydroxyl groups is 1. The van der Waals surface area contributed by atoms with Gasteiger partial charge in [0, 0.05) is 15.2 Å². The van der Waals surface area contributed by atoms with Crippen molar-refractivity contribution in [3.05, 3.63) is 29.8 Å². The molecule has 1 N–H and O–H groups in total. The van der Waals surface area contributed by atoms with Crippen LogP contribution in [-0.2, 0) is 5.60 Å². The van der Waals surface area contributed by atoms with Crippen molar-refractivity contribution in [1.82, 2.24) is 4.90 Å². The van der Waals surface area contributed by atoms with Gasteiger partial charge in [-0.3, -0.25) is 0 Å². The van der Waals surface area contributed by atoms with E-state index in [0.717, 1.165) is 12.8 Å². The zero-order valence-corrected chi connectivity index (χ0v) is 11.5. The molecule has 1 aliphatic rings. The summed E-state index contributed by atoms with van der Waals surface area (Å²) in [5, 5.41) is 5.19. The number of methoxy groups -OCH3 is 1. The molecule has 0 aromatic heterocycles. The molecular weight excluding hydrogens is 238 g/mol. The van der Waals surface area contributed by atoms with Crippen LogP contribution in [0.1, 0.15) is 38.1 Å². The normalized spacial score (nSPS) is 33.5. The monoisotopic (exact) mass is 269 g/mol. The smallest absolute Gasteiger partial charge is 0.211 e. The Hall–Kier alpha value is -1.06. The second-order valence-corrected chi connectivity index (χ2v) is 5.34. The van der Waals surface area contributed by atoms with Crippen LogP contribution in [-0.4, -0.2) is 39.1 Å². The molecule has 0 aliphatic heterocycles. The van der Waals surface area contributed by atoms with Gasteiger partial charge in [-0.1, -0.05) is 25.0 Å². The zero-order chi connectivity index (χ0) is 18.9. The Morgan fingerprint density at radius 3 is 3.21 bits per heavy atom. The minimum atomic E-state index is -2.57. The van der Waals surface area contributed by atoms with Gasteiger partial charge in [-0.15, -0.1) is 0 Å². The molecule has 106 valence electrons. The van der Waals surface area contributed by atoms with Crippen molar-refractivity contribution in [2.24, 2.45) is 5.92 Å². The molecule has 0 bridgehead atoms. The predicted molar refractivity (Wildman–Crippen MR) is 77.4 cm³/mol. The summed E-state index contributed by atoms with van der Waals surface area (Å²) in [5.41, 5.74) is -0.584. The topological polar surface area (TPSA) is 32.7 Å². The van der Waals surface area contributed by atoms with Gasteiger partial charge in [0.1, 0.15) is 5.75 Å². The van der Waals surface area contributed by atoms with Gasteiger partial charge in [0.25, 0.3) is 0 Å². The highest BCUT2D eigenvalue weighted by molar-refractivity contribution is 5.33. The van der Waals surface area contributed by atoms with E-state index in [4.69, 9.17) is 18.1 Å². The lowest BCUT2D eigenvalue weighted by Crippen LogP contribution is -2.43. The third-order valence-corrected chi connectivity index (χ3v) is 3.71. The molecule has 1 fully saturated rings. The molecule has 1 saturated carbocycles. The van der Waals surface area contributed by atoms with E-state index in [0.29, 0.717) is 18.4 Å². The predicted octanol–water partition coefficient (Wildman–Crippen LogP) is 2.63. The molecule has 1 aromatic rings. The number of nitrogens with zero attached hydrogens (tertiary/aromatic N) is 1. The van der Waals surface area contributed by atoms with Crippen LogP contribution in [0.5, 0.6) is 5.75 Å². The molecule has 2 atom stereocenters. The Morgan fingerprint density at radius 1 is 1.58 bits per heavy atom. The molecule has 0 spiro atoms. The van der Waals surface area contributed by atoms with E-state index in [1.54, 1.807) is 32.3 Å². The standard InChI is InChI=1S/C16H25NO2/c1-17(2)12-14-7-4-5-10-16(14,18)13-8-6-9-15(11-13)19-3/h6,8-9,11,14,18H,4-5,7,10,12H2,1-3H3/t14-,16+/m0/s1/i3D3,12D2,18D. The van der Waals surface area contributed by atoms with Crippen molar-refractivity contribution in [3.8, 4) is 5.75 Å². The first kappa shape index (κ1) is 8.28. The van der Waals surface area contributed by atoms with Gasteiger partial charge in [-0.05, 0) is 44.6 Å². The highest BCUT2D eigenvalue weighted by Crippen LogP contribution is 2.42. The first-order chi connectivity index (χ1) is 11.5. The number of hydrogen-bond donors (Lipinski definition) is 1. The van der Waals surface area contributed by atoms with E-state index in [-0.39, 0.29) is 5.75 Å². The van der Waals surface area contributed by atoms with Crippen LogP contribution >= 0.6 is 0 Å². The fourth-order valence-corrected chi connectivity index (χ4v) is 2.79. The van der Waals surface area contributed by atoms with Crippen molar-refractivity contribution >= 4 is 0 Å². The first-order valence-corrected chi connectivity index (χ1v) is 6.64. The maximum Gasteiger partial charge on any atom is 0.211 e. The number of ether oxygens (including phenoxy) is 1. The molecule has 3 heteroatoms. The summed E-state index contributed by atoms with van der Waals surface area (Å²) >= 11 is 0. The summed E-state index contributed by atoms with van der Waals surface area (Å²) in [6.07, 6.45) is 2.73. The zero-order valence-electron chi connectivity index (χ0n) is 17.5. The van der Waals surface area contributed by atoms with E-state index in [2.05, 4.69) is 0 Å². The fourth-order valence-electron chi connectivity index (χ4n) is 2.79. The van der Waals surface area contributed by atoms with E-state index in [1.165, 1.54) is 11.0 Å². The SMILES string of the molecule is [2H]O[C@@]1(c2cccc(OC([2H])([2H])[2H])c2)CCCC[C@H]1C([2H])([2H])N(C)C. The number of rotatable bonds is 5. The van der Waals surface area contributed by atoms with Crippen LogP contribution in [0.25, 0.3) is 0 Å². The third-order valence-electron chi connectivity index (χ3n) is 3.71. The highest BCUT2D eigenvalue weighted by Gasteiger charge is 2.40. The van der Waals surface area contributed by atoms with E-state index < -0.39 is 25.1 Å². The third kappa shape index (κ3) is 3.10. The van der Waals surface area contributed by atoms with Gasteiger partial charge in [0.2, 0.25) is 1.43 Å². The molecule has 0 heterocycles. The lowest BCUT2D eigenvalue weighted by molar-refractivity contribution is -0.0619. The molecule has 0 amide bonds. The molecular formula is C16H25NO2. The van der Waals surface area contributed by atoms with Crippen LogP contribution < -0.4 is 4.74 Å². The van der Waals surface area contributed by atoms with Crippen molar-refractivity contribution in [3.63, 3.8) is 0 Å². The summed E-state index contributed by atoms with van der Waals surface area (Å²) < 4.78 is 51.4. The summed E-state index contributed by atoms with van der Waals surface area (Å²) in [4.78, 5) is 1.50. The molecule has 0 unspecified atom stereocenters. The minimum Gasteiger partial charge on any atom is -0.497 e. The van der Waals surface area contributed by atoms with Crippen molar-refractivity contribution in [2.75, 3.05) is 27.6 Å². The van der Waals surface area contributed by atoms with Crippen LogP contribution in [0.4, 0.5) is 0 Å². The fraction of sp³-hybridized carbons (Fsp3) is 0.625. The highest BCUT2D eigenvalue weighted by atomic mass is 16.5. The molecule has 3 nitrogen and oxygen atoms in total. The van der Waals surface area contributed by atoms with E-state index in [9.17, 15) is 0 Å². The Balaban J connectivity index is 2.48. The van der Waals surface area contributed by atoms with Crippen LogP contribution in [0.2, 0.25) is 0 Å². The van der Waals surface area contributed by atoms with E-state index >= 15 is 0 Å². The number of hydrogen-bond acceptors (Lipinski definition) is 3. The Kier molecular flexibility index (Phi) is 2.58. The first-order valence-electron chi connectivity index (χ1n) is 9.55. The average Bonchev–Trinajstić information content (AvgIpc) is 2.53. The molecule has 2 rings (SSSR count). The molecule has 1 aromatic carbocycles. The molecule has 0 radical (unpaired) electrons. The summed E-state index contributed by atoms with van der Waals surface area (Å²) in [6.45, 7) is -1.68. The Labute approximate surface area is 124 Å². The van der Waals surface area contributed by atoms with Crippen molar-refractivity contribution in [2.45, 2.75) is 31.3 Å². The molecule has 1 aliphatic carbocycles. The lowest BCUT2D eigenvalue weighted by atomic mass is 9.71. The summed E-state index contributed by atoms with van der Waals surface area (Å²) in [6, 6.07) is 6.47. The van der Waals surface area contributed by atoms with Gasteiger partial charge in [-0.2, -0.15) is 0 Å². The lowest BCUT2D eigenvalue weighted by Gasteiger charge is -2.41. The van der Waals surface area contributed by atoms with Gasteiger partial charge in [-0.25, -0.2) is 0 Å². The summed E-state index contributed by atoms with van der Waals surface area (Å²) in [5.74, 6) is -0.409. The molecule has 19 heavy (non-hydrogen) atoms. The maximum absolute atomic E-state index is 8.49. The largest absolute Gasteiger partial charge is 0.497 e. The maximum atomic E-state index is 8.49. The minimum absolute atomic E-state index is 0.156. The van der Waals surface area contributed by atoms with E-state index in [1.807, 2.05) is 0 Å². The van der Waals surface area contributed by atoms with Gasteiger partial charge in [0.05, 0.1) is 16.8 Å². The quantitative estimate of drug-likeness (QED) is 0.892. The summed E-state index contributed by atoms with van der Waals surface area (Å²) in [7, 11) is 0.757. The molecule has 0 saturated heterocycles. The second kappa shape index (κ2) is 5.93. The second-order valence-electron chi connectivity index (χ2n) is 5.34. The Bertz CT molecular complexity index is 592. The van der Waals surface area contributed by atoms with Crippen molar-refractivity contribution < 1.29 is 16.7 Å². The van der Waals surface area contributed by atoms with Crippen LogP contribution in [0.15, 0.2) is 24.3 Å².